The van der Waals surface area contributed by atoms with E-state index in [4.69, 9.17) is 23.9 Å². The Morgan fingerprint density at radius 2 is 2.12 bits per heavy atom. The quantitative estimate of drug-likeness (QED) is 0.745. The third-order valence-electron chi connectivity index (χ3n) is 5.52. The van der Waals surface area contributed by atoms with Crippen LogP contribution in [0, 0.1) is 13.8 Å². The van der Waals surface area contributed by atoms with Gasteiger partial charge >= 0.3 is 12.1 Å². The third kappa shape index (κ3) is 6.19. The molecule has 0 bridgehead atoms. The summed E-state index contributed by atoms with van der Waals surface area (Å²) >= 11 is 0. The fourth-order valence-corrected chi connectivity index (χ4v) is 4.03. The molecule has 0 saturated carbocycles. The van der Waals surface area contributed by atoms with Crippen molar-refractivity contribution in [3.63, 3.8) is 0 Å². The molecule has 2 aromatic rings. The number of rotatable bonds is 4. The van der Waals surface area contributed by atoms with Crippen molar-refractivity contribution >= 4 is 5.97 Å². The third-order valence-corrected chi connectivity index (χ3v) is 5.52. The predicted molar refractivity (Wildman–Crippen MR) is 106 cm³/mol. The lowest BCUT2D eigenvalue weighted by Crippen LogP contribution is -2.47. The van der Waals surface area contributed by atoms with Crippen molar-refractivity contribution in [1.29, 1.82) is 0 Å². The molecular formula is C21H26F3N3O5. The number of pyridine rings is 1. The van der Waals surface area contributed by atoms with E-state index in [2.05, 4.69) is 15.0 Å². The fourth-order valence-electron chi connectivity index (χ4n) is 4.03. The Bertz CT molecular complexity index is 886. The van der Waals surface area contributed by atoms with Gasteiger partial charge in [-0.15, -0.1) is 0 Å². The van der Waals surface area contributed by atoms with E-state index in [9.17, 15) is 13.2 Å². The van der Waals surface area contributed by atoms with Gasteiger partial charge in [0, 0.05) is 37.3 Å². The smallest absolute Gasteiger partial charge is 0.475 e. The molecule has 2 saturated heterocycles. The van der Waals surface area contributed by atoms with Crippen molar-refractivity contribution in [2.75, 3.05) is 19.7 Å². The summed E-state index contributed by atoms with van der Waals surface area (Å²) in [5.74, 6) is -1.16. The number of likely N-dealkylation sites (tertiary alicyclic amines) is 1. The number of carbonyl (C=O) groups is 1. The standard InChI is InChI=1S/C19H25N3O3.C2HF3O2/c1-14-17(15(2)25-21-14)11-22-9-5-7-19(13-22)10-16(12-23-19)24-18-6-3-4-8-20-18;3-2(4,5)1(6)7/h3-4,6,8,16H,5,7,9-13H2,1-2H3;(H,6,7)/t16-,19-;/m0./s1. The zero-order chi connectivity index (χ0) is 23.4. The monoisotopic (exact) mass is 457 g/mol. The first-order valence-electron chi connectivity index (χ1n) is 10.2. The van der Waals surface area contributed by atoms with Gasteiger partial charge in [-0.3, -0.25) is 4.90 Å². The lowest BCUT2D eigenvalue weighted by molar-refractivity contribution is -0.192. The van der Waals surface area contributed by atoms with Crippen LogP contribution in [-0.4, -0.2) is 63.7 Å². The molecule has 176 valence electrons. The maximum Gasteiger partial charge on any atom is 0.490 e. The summed E-state index contributed by atoms with van der Waals surface area (Å²) < 4.78 is 49.3. The van der Waals surface area contributed by atoms with Crippen LogP contribution in [0.15, 0.2) is 28.9 Å². The molecule has 2 aliphatic heterocycles. The Kier molecular flexibility index (Phi) is 7.40. The Morgan fingerprint density at radius 3 is 2.72 bits per heavy atom. The summed E-state index contributed by atoms with van der Waals surface area (Å²) in [5.41, 5.74) is 2.09. The van der Waals surface area contributed by atoms with Crippen molar-refractivity contribution in [2.24, 2.45) is 0 Å². The minimum atomic E-state index is -5.08. The van der Waals surface area contributed by atoms with Gasteiger partial charge in [-0.1, -0.05) is 11.2 Å². The molecule has 0 amide bonds. The Balaban J connectivity index is 0.000000360. The van der Waals surface area contributed by atoms with E-state index in [1.807, 2.05) is 32.0 Å². The summed E-state index contributed by atoms with van der Waals surface area (Å²) in [5, 5.41) is 11.2. The minimum absolute atomic E-state index is 0.0777. The zero-order valence-electron chi connectivity index (χ0n) is 17.9. The van der Waals surface area contributed by atoms with Crippen LogP contribution in [0.2, 0.25) is 0 Å². The van der Waals surface area contributed by atoms with E-state index in [0.29, 0.717) is 12.5 Å². The van der Waals surface area contributed by atoms with Crippen LogP contribution >= 0.6 is 0 Å². The lowest BCUT2D eigenvalue weighted by atomic mass is 9.89. The molecule has 2 aliphatic rings. The molecule has 0 aliphatic carbocycles. The summed E-state index contributed by atoms with van der Waals surface area (Å²) in [6.07, 6.45) is -0.101. The lowest BCUT2D eigenvalue weighted by Gasteiger charge is -2.39. The number of aliphatic carboxylic acids is 1. The van der Waals surface area contributed by atoms with Gasteiger partial charge in [0.15, 0.2) is 0 Å². The zero-order valence-corrected chi connectivity index (χ0v) is 17.9. The van der Waals surface area contributed by atoms with Gasteiger partial charge < -0.3 is 19.1 Å². The Hall–Kier alpha value is -2.66. The number of halogens is 3. The number of carboxylic acid groups (broad SMARTS) is 1. The molecule has 2 aromatic heterocycles. The van der Waals surface area contributed by atoms with E-state index in [0.717, 1.165) is 50.4 Å². The number of hydrogen-bond acceptors (Lipinski definition) is 7. The molecule has 32 heavy (non-hydrogen) atoms. The molecule has 8 nitrogen and oxygen atoms in total. The van der Waals surface area contributed by atoms with Crippen LogP contribution in [0.5, 0.6) is 5.88 Å². The molecule has 0 aromatic carbocycles. The topological polar surface area (TPSA) is 97.9 Å². The second-order valence-corrected chi connectivity index (χ2v) is 8.03. The van der Waals surface area contributed by atoms with Gasteiger partial charge in [0.25, 0.3) is 0 Å². The molecule has 1 spiro atoms. The summed E-state index contributed by atoms with van der Waals surface area (Å²) in [6.45, 7) is 7.51. The van der Waals surface area contributed by atoms with E-state index in [1.165, 1.54) is 5.56 Å². The largest absolute Gasteiger partial charge is 0.490 e. The molecule has 2 atom stereocenters. The van der Waals surface area contributed by atoms with Gasteiger partial charge in [0.05, 0.1) is 17.9 Å². The van der Waals surface area contributed by atoms with Crippen LogP contribution < -0.4 is 4.74 Å². The van der Waals surface area contributed by atoms with Gasteiger partial charge in [-0.05, 0) is 39.3 Å². The maximum atomic E-state index is 10.6. The molecule has 4 heterocycles. The highest BCUT2D eigenvalue weighted by atomic mass is 19.4. The van der Waals surface area contributed by atoms with Crippen molar-refractivity contribution in [2.45, 2.75) is 57.5 Å². The number of piperidine rings is 1. The average Bonchev–Trinajstić information content (AvgIpc) is 3.26. The molecule has 1 N–H and O–H groups in total. The highest BCUT2D eigenvalue weighted by molar-refractivity contribution is 5.73. The van der Waals surface area contributed by atoms with Crippen molar-refractivity contribution in [1.82, 2.24) is 15.0 Å². The van der Waals surface area contributed by atoms with Crippen LogP contribution in [0.25, 0.3) is 0 Å². The number of alkyl halides is 3. The molecule has 2 fully saturated rings. The summed E-state index contributed by atoms with van der Waals surface area (Å²) in [6, 6.07) is 5.74. The molecular weight excluding hydrogens is 431 g/mol. The number of nitrogens with zero attached hydrogens (tertiary/aromatic N) is 3. The van der Waals surface area contributed by atoms with Crippen LogP contribution in [0.4, 0.5) is 13.2 Å². The number of carboxylic acids is 1. The highest BCUT2D eigenvalue weighted by Gasteiger charge is 2.44. The average molecular weight is 457 g/mol. The van der Waals surface area contributed by atoms with E-state index in [1.54, 1.807) is 6.20 Å². The Labute approximate surface area is 183 Å². The van der Waals surface area contributed by atoms with Crippen molar-refractivity contribution in [3.05, 3.63) is 41.4 Å². The molecule has 11 heteroatoms. The van der Waals surface area contributed by atoms with E-state index >= 15 is 0 Å². The van der Waals surface area contributed by atoms with Crippen LogP contribution in [-0.2, 0) is 16.1 Å². The highest BCUT2D eigenvalue weighted by Crippen LogP contribution is 2.36. The van der Waals surface area contributed by atoms with Gasteiger partial charge in [-0.2, -0.15) is 13.2 Å². The minimum Gasteiger partial charge on any atom is -0.475 e. The maximum absolute atomic E-state index is 10.6. The van der Waals surface area contributed by atoms with Crippen molar-refractivity contribution < 1.29 is 37.1 Å². The normalized spacial score (nSPS) is 23.6. The van der Waals surface area contributed by atoms with Crippen molar-refractivity contribution in [3.8, 4) is 5.88 Å². The first-order chi connectivity index (χ1) is 15.1. The van der Waals surface area contributed by atoms with Crippen LogP contribution in [0.1, 0.15) is 36.3 Å². The number of ether oxygens (including phenoxy) is 2. The first kappa shape index (κ1) is 24.0. The SMILES string of the molecule is Cc1noc(C)c1CN1CCC[C@]2(C[C@H](Oc3ccccn3)CO2)C1.O=C(O)C(F)(F)F. The summed E-state index contributed by atoms with van der Waals surface area (Å²) in [4.78, 5) is 15.6. The fraction of sp³-hybridized carbons (Fsp3) is 0.571. The predicted octanol–water partition coefficient (Wildman–Crippen LogP) is 3.52. The summed E-state index contributed by atoms with van der Waals surface area (Å²) in [7, 11) is 0. The number of hydrogen-bond donors (Lipinski definition) is 1. The van der Waals surface area contributed by atoms with Gasteiger partial charge in [-0.25, -0.2) is 9.78 Å². The molecule has 0 unspecified atom stereocenters. The number of aromatic nitrogens is 2. The van der Waals surface area contributed by atoms with Gasteiger partial charge in [0.2, 0.25) is 5.88 Å². The van der Waals surface area contributed by atoms with E-state index < -0.39 is 12.1 Å². The van der Waals surface area contributed by atoms with Crippen LogP contribution in [0.3, 0.4) is 0 Å². The van der Waals surface area contributed by atoms with E-state index in [-0.39, 0.29) is 11.7 Å². The number of aryl methyl sites for hydroxylation is 2. The van der Waals surface area contributed by atoms with Gasteiger partial charge in [0.1, 0.15) is 11.9 Å². The first-order valence-corrected chi connectivity index (χ1v) is 10.2. The second-order valence-electron chi connectivity index (χ2n) is 8.03. The molecule has 4 rings (SSSR count). The Morgan fingerprint density at radius 1 is 1.38 bits per heavy atom. The molecule has 0 radical (unpaired) electrons. The second kappa shape index (κ2) is 9.86.